The Morgan fingerprint density at radius 3 is 2.82 bits per heavy atom. The van der Waals surface area contributed by atoms with Crippen molar-refractivity contribution >= 4 is 29.9 Å². The molecule has 2 heterocycles. The van der Waals surface area contributed by atoms with Gasteiger partial charge in [-0.1, -0.05) is 19.3 Å². The van der Waals surface area contributed by atoms with Crippen LogP contribution in [0.3, 0.4) is 0 Å². The highest BCUT2D eigenvalue weighted by Gasteiger charge is 2.16. The molecular formula is C15H27IN6. The highest BCUT2D eigenvalue weighted by molar-refractivity contribution is 14.0. The van der Waals surface area contributed by atoms with Crippen LogP contribution >= 0.6 is 24.0 Å². The molecule has 1 aliphatic carbocycles. The Balaban J connectivity index is 0.00000176. The third-order valence-electron chi connectivity index (χ3n) is 4.51. The van der Waals surface area contributed by atoms with Crippen molar-refractivity contribution in [1.29, 1.82) is 0 Å². The molecule has 6 nitrogen and oxygen atoms in total. The second-order valence-corrected chi connectivity index (χ2v) is 6.14. The molecule has 1 fully saturated rings. The molecule has 1 saturated carbocycles. The lowest BCUT2D eigenvalue weighted by molar-refractivity contribution is 0.603. The summed E-state index contributed by atoms with van der Waals surface area (Å²) in [6.07, 6.45) is 10.7. The van der Waals surface area contributed by atoms with Crippen LogP contribution in [0, 0.1) is 0 Å². The molecule has 3 rings (SSSR count). The van der Waals surface area contributed by atoms with Crippen LogP contribution < -0.4 is 11.1 Å². The smallest absolute Gasteiger partial charge is 0.188 e. The number of fused-ring (bicyclic) bond motifs is 1. The topological polar surface area (TPSA) is 81.1 Å². The van der Waals surface area contributed by atoms with E-state index in [4.69, 9.17) is 5.73 Å². The maximum absolute atomic E-state index is 5.95. The fourth-order valence-electron chi connectivity index (χ4n) is 3.33. The second-order valence-electron chi connectivity index (χ2n) is 6.14. The first-order chi connectivity index (χ1) is 10.3. The maximum atomic E-state index is 5.95. The highest BCUT2D eigenvalue weighted by atomic mass is 127. The fourth-order valence-corrected chi connectivity index (χ4v) is 3.33. The summed E-state index contributed by atoms with van der Waals surface area (Å²) in [6.45, 7) is 1.74. The normalized spacial score (nSPS) is 19.4. The average Bonchev–Trinajstić information content (AvgIpc) is 3.04. The third kappa shape index (κ3) is 4.57. The van der Waals surface area contributed by atoms with Gasteiger partial charge in [-0.3, -0.25) is 4.99 Å². The Hall–Kier alpha value is -0.860. The van der Waals surface area contributed by atoms with Gasteiger partial charge in [-0.25, -0.2) is 0 Å². The Kier molecular flexibility index (Phi) is 6.91. The SMILES string of the molecule is I.NC(=NCCc1nnc2n1CCCCC2)NC1CCCC1. The van der Waals surface area contributed by atoms with Crippen LogP contribution in [0.1, 0.15) is 56.6 Å². The number of guanidine groups is 1. The number of aliphatic imine (C=N–C) groups is 1. The number of rotatable bonds is 4. The molecule has 1 aromatic rings. The first kappa shape index (κ1) is 17.5. The molecule has 0 saturated heterocycles. The van der Waals surface area contributed by atoms with Crippen molar-refractivity contribution in [2.75, 3.05) is 6.54 Å². The zero-order valence-electron chi connectivity index (χ0n) is 13.1. The van der Waals surface area contributed by atoms with Gasteiger partial charge in [0.05, 0.1) is 0 Å². The van der Waals surface area contributed by atoms with Gasteiger partial charge in [0.2, 0.25) is 0 Å². The van der Waals surface area contributed by atoms with E-state index in [2.05, 4.69) is 25.1 Å². The van der Waals surface area contributed by atoms with Gasteiger partial charge in [0.15, 0.2) is 5.96 Å². The van der Waals surface area contributed by atoms with Crippen molar-refractivity contribution < 1.29 is 0 Å². The highest BCUT2D eigenvalue weighted by Crippen LogP contribution is 2.17. The second kappa shape index (κ2) is 8.69. The Labute approximate surface area is 149 Å². The summed E-state index contributed by atoms with van der Waals surface area (Å²) in [5.41, 5.74) is 5.95. The molecule has 1 aliphatic heterocycles. The van der Waals surface area contributed by atoms with E-state index in [-0.39, 0.29) is 24.0 Å². The van der Waals surface area contributed by atoms with Crippen LogP contribution in [0.5, 0.6) is 0 Å². The van der Waals surface area contributed by atoms with Gasteiger partial charge in [-0.15, -0.1) is 34.2 Å². The third-order valence-corrected chi connectivity index (χ3v) is 4.51. The van der Waals surface area contributed by atoms with Crippen LogP contribution in [-0.2, 0) is 19.4 Å². The number of halogens is 1. The van der Waals surface area contributed by atoms with Gasteiger partial charge in [0, 0.05) is 32.0 Å². The summed E-state index contributed by atoms with van der Waals surface area (Å²) in [7, 11) is 0. The van der Waals surface area contributed by atoms with Gasteiger partial charge >= 0.3 is 0 Å². The van der Waals surface area contributed by atoms with Crippen LogP contribution in [0.4, 0.5) is 0 Å². The van der Waals surface area contributed by atoms with Crippen molar-refractivity contribution in [3.63, 3.8) is 0 Å². The number of aryl methyl sites for hydroxylation is 1. The molecule has 2 aliphatic rings. The molecule has 0 spiro atoms. The van der Waals surface area contributed by atoms with Crippen LogP contribution in [-0.4, -0.2) is 33.3 Å². The molecule has 1 aromatic heterocycles. The largest absolute Gasteiger partial charge is 0.370 e. The standard InChI is InChI=1S/C15H26N6.HI/c16-15(18-12-6-3-4-7-12)17-10-9-14-20-19-13-8-2-1-5-11-21(13)14;/h12H,1-11H2,(H3,16,17,18);1H. The lowest BCUT2D eigenvalue weighted by Crippen LogP contribution is -2.38. The van der Waals surface area contributed by atoms with E-state index in [1.807, 2.05) is 0 Å². The molecule has 0 aromatic carbocycles. The summed E-state index contributed by atoms with van der Waals surface area (Å²) in [4.78, 5) is 4.44. The summed E-state index contributed by atoms with van der Waals surface area (Å²) < 4.78 is 2.28. The zero-order valence-corrected chi connectivity index (χ0v) is 15.5. The number of nitrogens with two attached hydrogens (primary N) is 1. The quantitative estimate of drug-likeness (QED) is 0.446. The Bertz CT molecular complexity index is 492. The van der Waals surface area contributed by atoms with Crippen molar-refractivity contribution in [3.8, 4) is 0 Å². The number of hydrogen-bond donors (Lipinski definition) is 2. The Morgan fingerprint density at radius 2 is 2.00 bits per heavy atom. The summed E-state index contributed by atoms with van der Waals surface area (Å²) in [5, 5.41) is 12.0. The lowest BCUT2D eigenvalue weighted by Gasteiger charge is -2.12. The lowest BCUT2D eigenvalue weighted by atomic mass is 10.2. The molecule has 7 heteroatoms. The molecule has 0 radical (unpaired) electrons. The van der Waals surface area contributed by atoms with E-state index in [1.165, 1.54) is 44.9 Å². The van der Waals surface area contributed by atoms with E-state index < -0.39 is 0 Å². The molecule has 22 heavy (non-hydrogen) atoms. The van der Waals surface area contributed by atoms with E-state index >= 15 is 0 Å². The summed E-state index contributed by atoms with van der Waals surface area (Å²) in [6, 6.07) is 0.526. The number of nitrogens with zero attached hydrogens (tertiary/aromatic N) is 4. The van der Waals surface area contributed by atoms with Gasteiger partial charge in [-0.2, -0.15) is 0 Å². The molecular weight excluding hydrogens is 391 g/mol. The molecule has 124 valence electrons. The van der Waals surface area contributed by atoms with Crippen LogP contribution in [0.25, 0.3) is 0 Å². The maximum Gasteiger partial charge on any atom is 0.188 e. The van der Waals surface area contributed by atoms with Crippen molar-refractivity contribution in [3.05, 3.63) is 11.6 Å². The van der Waals surface area contributed by atoms with Gasteiger partial charge in [0.25, 0.3) is 0 Å². The van der Waals surface area contributed by atoms with Gasteiger partial charge in [0.1, 0.15) is 11.6 Å². The van der Waals surface area contributed by atoms with E-state index in [9.17, 15) is 0 Å². The molecule has 0 bridgehead atoms. The molecule has 0 unspecified atom stereocenters. The molecule has 0 atom stereocenters. The van der Waals surface area contributed by atoms with Crippen molar-refractivity contribution in [1.82, 2.24) is 20.1 Å². The first-order valence-electron chi connectivity index (χ1n) is 8.30. The van der Waals surface area contributed by atoms with Gasteiger partial charge in [-0.05, 0) is 25.7 Å². The van der Waals surface area contributed by atoms with E-state index in [0.717, 1.165) is 31.0 Å². The molecule has 3 N–H and O–H groups in total. The summed E-state index contributed by atoms with van der Waals surface area (Å²) in [5.74, 6) is 2.78. The van der Waals surface area contributed by atoms with Gasteiger partial charge < -0.3 is 15.6 Å². The average molecular weight is 418 g/mol. The van der Waals surface area contributed by atoms with Crippen molar-refractivity contribution in [2.24, 2.45) is 10.7 Å². The van der Waals surface area contributed by atoms with Crippen molar-refractivity contribution in [2.45, 2.75) is 70.4 Å². The monoisotopic (exact) mass is 418 g/mol. The number of nitrogens with one attached hydrogen (secondary N) is 1. The van der Waals surface area contributed by atoms with E-state index in [1.54, 1.807) is 0 Å². The predicted octanol–water partition coefficient (Wildman–Crippen LogP) is 2.01. The van der Waals surface area contributed by atoms with E-state index in [0.29, 0.717) is 18.5 Å². The number of aromatic nitrogens is 3. The first-order valence-corrected chi connectivity index (χ1v) is 8.30. The minimum absolute atomic E-state index is 0. The predicted molar refractivity (Wildman–Crippen MR) is 98.6 cm³/mol. The molecule has 0 amide bonds. The minimum Gasteiger partial charge on any atom is -0.370 e. The minimum atomic E-state index is 0. The Morgan fingerprint density at radius 1 is 1.18 bits per heavy atom. The van der Waals surface area contributed by atoms with Crippen LogP contribution in [0.15, 0.2) is 4.99 Å². The summed E-state index contributed by atoms with van der Waals surface area (Å²) >= 11 is 0. The number of hydrogen-bond acceptors (Lipinski definition) is 3. The van der Waals surface area contributed by atoms with Crippen LogP contribution in [0.2, 0.25) is 0 Å². The zero-order chi connectivity index (χ0) is 14.5. The fraction of sp³-hybridized carbons (Fsp3) is 0.800.